The number of nitrogens with zero attached hydrogens (tertiary/aromatic N) is 2. The Labute approximate surface area is 177 Å². The molecule has 3 aromatic carbocycles. The topological polar surface area (TPSA) is 34.9 Å². The zero-order chi connectivity index (χ0) is 20.4. The third-order valence-corrected chi connectivity index (χ3v) is 6.27. The average molecular weight is 393 g/mol. The van der Waals surface area contributed by atoms with Crippen LogP contribution in [0, 0.1) is 5.92 Å². The van der Waals surface area contributed by atoms with Crippen LogP contribution in [0.15, 0.2) is 104 Å². The number of aldehydes is 1. The van der Waals surface area contributed by atoms with Crippen molar-refractivity contribution >= 4 is 6.29 Å². The molecule has 1 heterocycles. The van der Waals surface area contributed by atoms with Crippen LogP contribution in [0.4, 0.5) is 0 Å². The summed E-state index contributed by atoms with van der Waals surface area (Å²) in [7, 11) is 0. The van der Waals surface area contributed by atoms with E-state index in [-0.39, 0.29) is 0 Å². The minimum atomic E-state index is -0.524. The number of rotatable bonds is 7. The van der Waals surface area contributed by atoms with Gasteiger partial charge in [-0.05, 0) is 29.0 Å². The molecular formula is C27H24N2O. The van der Waals surface area contributed by atoms with E-state index in [1.165, 1.54) is 16.7 Å². The maximum Gasteiger partial charge on any atom is 0.121 e. The van der Waals surface area contributed by atoms with E-state index in [9.17, 15) is 4.79 Å². The van der Waals surface area contributed by atoms with Gasteiger partial charge in [0.1, 0.15) is 11.8 Å². The van der Waals surface area contributed by atoms with Gasteiger partial charge in [-0.25, -0.2) is 4.98 Å². The van der Waals surface area contributed by atoms with E-state index in [0.29, 0.717) is 18.3 Å². The highest BCUT2D eigenvalue weighted by molar-refractivity contribution is 5.52. The van der Waals surface area contributed by atoms with E-state index in [0.717, 1.165) is 18.4 Å². The highest BCUT2D eigenvalue weighted by Crippen LogP contribution is 2.49. The summed E-state index contributed by atoms with van der Waals surface area (Å²) in [5.74, 6) is 0.821. The van der Waals surface area contributed by atoms with Crippen LogP contribution in [-0.4, -0.2) is 15.8 Å². The van der Waals surface area contributed by atoms with Gasteiger partial charge in [-0.2, -0.15) is 0 Å². The van der Waals surface area contributed by atoms with Crippen LogP contribution in [0.5, 0.6) is 0 Å². The molecule has 0 aliphatic heterocycles. The van der Waals surface area contributed by atoms with Crippen molar-refractivity contribution in [1.82, 2.24) is 9.55 Å². The summed E-state index contributed by atoms with van der Waals surface area (Å²) < 4.78 is 2.25. The van der Waals surface area contributed by atoms with Gasteiger partial charge >= 0.3 is 0 Å². The molecule has 1 saturated carbocycles. The van der Waals surface area contributed by atoms with Crippen molar-refractivity contribution < 1.29 is 4.79 Å². The first-order valence-electron chi connectivity index (χ1n) is 10.5. The van der Waals surface area contributed by atoms with Crippen LogP contribution >= 0.6 is 0 Å². The van der Waals surface area contributed by atoms with Crippen molar-refractivity contribution in [2.24, 2.45) is 5.92 Å². The fourth-order valence-electron chi connectivity index (χ4n) is 4.69. The predicted molar refractivity (Wildman–Crippen MR) is 118 cm³/mol. The van der Waals surface area contributed by atoms with Crippen molar-refractivity contribution in [2.45, 2.75) is 24.3 Å². The summed E-state index contributed by atoms with van der Waals surface area (Å²) in [5, 5.41) is 0. The quantitative estimate of drug-likeness (QED) is 0.311. The number of carbonyl (C=O) groups is 1. The summed E-state index contributed by atoms with van der Waals surface area (Å²) in [5.41, 5.74) is 4.11. The lowest BCUT2D eigenvalue weighted by atomic mass is 9.77. The van der Waals surface area contributed by atoms with E-state index in [1.54, 1.807) is 0 Å². The van der Waals surface area contributed by atoms with Gasteiger partial charge in [-0.1, -0.05) is 91.0 Å². The first kappa shape index (κ1) is 18.6. The number of carbonyl (C=O) groups excluding carboxylic acids is 1. The molecule has 4 aromatic rings. The molecule has 3 heteroatoms. The number of hydrogen-bond donors (Lipinski definition) is 0. The van der Waals surface area contributed by atoms with Crippen LogP contribution in [0.25, 0.3) is 0 Å². The lowest BCUT2D eigenvalue weighted by Gasteiger charge is -2.37. The highest BCUT2D eigenvalue weighted by Gasteiger charge is 2.42. The highest BCUT2D eigenvalue weighted by atomic mass is 16.1. The second-order valence-electron chi connectivity index (χ2n) is 8.02. The van der Waals surface area contributed by atoms with Crippen molar-refractivity contribution in [3.63, 3.8) is 0 Å². The smallest absolute Gasteiger partial charge is 0.121 e. The molecule has 0 amide bonds. The lowest BCUT2D eigenvalue weighted by molar-refractivity contribution is -0.108. The Kier molecular flexibility index (Phi) is 4.80. The second-order valence-corrected chi connectivity index (χ2v) is 8.02. The first-order chi connectivity index (χ1) is 14.8. The van der Waals surface area contributed by atoms with E-state index in [2.05, 4.69) is 102 Å². The molecule has 0 saturated heterocycles. The van der Waals surface area contributed by atoms with Gasteiger partial charge in [0.15, 0.2) is 0 Å². The van der Waals surface area contributed by atoms with Crippen molar-refractivity contribution in [1.29, 1.82) is 0 Å². The Bertz CT molecular complexity index is 1020. The summed E-state index contributed by atoms with van der Waals surface area (Å²) in [6, 6.07) is 31.8. The van der Waals surface area contributed by atoms with Gasteiger partial charge in [0.25, 0.3) is 0 Å². The van der Waals surface area contributed by atoms with Gasteiger partial charge < -0.3 is 9.36 Å². The van der Waals surface area contributed by atoms with E-state index in [1.807, 2.05) is 6.33 Å². The van der Waals surface area contributed by atoms with Gasteiger partial charge in [0, 0.05) is 18.5 Å². The molecule has 1 aliphatic rings. The molecule has 2 atom stereocenters. The molecule has 1 aromatic heterocycles. The summed E-state index contributed by atoms with van der Waals surface area (Å²) in [6.45, 7) is 0. The Morgan fingerprint density at radius 3 is 1.80 bits per heavy atom. The zero-order valence-electron chi connectivity index (χ0n) is 16.8. The largest absolute Gasteiger partial charge is 0.319 e. The third kappa shape index (κ3) is 3.07. The molecule has 0 N–H and O–H groups in total. The van der Waals surface area contributed by atoms with Crippen molar-refractivity contribution in [3.8, 4) is 0 Å². The van der Waals surface area contributed by atoms with E-state index < -0.39 is 5.54 Å². The number of imidazole rings is 1. The minimum Gasteiger partial charge on any atom is -0.319 e. The maximum atomic E-state index is 10.9. The molecule has 0 spiro atoms. The van der Waals surface area contributed by atoms with Crippen molar-refractivity contribution in [2.75, 3.05) is 0 Å². The maximum absolute atomic E-state index is 10.9. The van der Waals surface area contributed by atoms with Gasteiger partial charge in [-0.15, -0.1) is 0 Å². The molecule has 1 aliphatic carbocycles. The Balaban J connectivity index is 1.73. The Hall–Kier alpha value is -3.46. The SMILES string of the molecule is O=CC[C@H]1C[C@H]1c1cn(C(c2ccccc2)(c2ccccc2)c2ccccc2)cn1. The van der Waals surface area contributed by atoms with Crippen LogP contribution < -0.4 is 0 Å². The lowest BCUT2D eigenvalue weighted by Crippen LogP contribution is -2.36. The van der Waals surface area contributed by atoms with Crippen LogP contribution in [0.1, 0.15) is 41.1 Å². The Morgan fingerprint density at radius 1 is 0.833 bits per heavy atom. The number of hydrogen-bond acceptors (Lipinski definition) is 2. The second kappa shape index (κ2) is 7.75. The molecule has 3 nitrogen and oxygen atoms in total. The van der Waals surface area contributed by atoms with Crippen LogP contribution in [0.2, 0.25) is 0 Å². The molecule has 148 valence electrons. The van der Waals surface area contributed by atoms with E-state index >= 15 is 0 Å². The zero-order valence-corrected chi connectivity index (χ0v) is 16.8. The summed E-state index contributed by atoms with van der Waals surface area (Å²) in [6.07, 6.45) is 6.84. The monoisotopic (exact) mass is 392 g/mol. The van der Waals surface area contributed by atoms with Gasteiger partial charge in [-0.3, -0.25) is 0 Å². The molecule has 0 bridgehead atoms. The Morgan fingerprint density at radius 2 is 1.33 bits per heavy atom. The van der Waals surface area contributed by atoms with E-state index in [4.69, 9.17) is 4.98 Å². The number of aromatic nitrogens is 2. The summed E-state index contributed by atoms with van der Waals surface area (Å²) >= 11 is 0. The molecule has 0 unspecified atom stereocenters. The normalized spacial score (nSPS) is 18.1. The molecule has 0 radical (unpaired) electrons. The van der Waals surface area contributed by atoms with Gasteiger partial charge in [0.2, 0.25) is 0 Å². The minimum absolute atomic E-state index is 0.386. The predicted octanol–water partition coefficient (Wildman–Crippen LogP) is 5.42. The van der Waals surface area contributed by atoms with Crippen LogP contribution in [-0.2, 0) is 10.3 Å². The summed E-state index contributed by atoms with van der Waals surface area (Å²) in [4.78, 5) is 15.7. The van der Waals surface area contributed by atoms with Gasteiger partial charge in [0.05, 0.1) is 12.0 Å². The average Bonchev–Trinajstić information content (AvgIpc) is 3.41. The standard InChI is InChI=1S/C27H24N2O/c30-17-16-21-18-25(21)26-19-29(20-28-26)27(22-10-4-1-5-11-22,23-12-6-2-7-13-23)24-14-8-3-9-15-24/h1-15,17,19-21,25H,16,18H2/t21-,25+/m0/s1. The van der Waals surface area contributed by atoms with Crippen molar-refractivity contribution in [3.05, 3.63) is 126 Å². The fraction of sp³-hybridized carbons (Fsp3) is 0.185. The molecule has 1 fully saturated rings. The molecular weight excluding hydrogens is 368 g/mol. The first-order valence-corrected chi connectivity index (χ1v) is 10.5. The van der Waals surface area contributed by atoms with Crippen LogP contribution in [0.3, 0.4) is 0 Å². The fourth-order valence-corrected chi connectivity index (χ4v) is 4.69. The molecule has 5 rings (SSSR count). The number of benzene rings is 3. The third-order valence-electron chi connectivity index (χ3n) is 6.27. The molecule has 30 heavy (non-hydrogen) atoms.